The molecule has 1 aliphatic carbocycles. The third-order valence-corrected chi connectivity index (χ3v) is 4.09. The summed E-state index contributed by atoms with van der Waals surface area (Å²) in [6.07, 6.45) is 5.76. The van der Waals surface area contributed by atoms with Crippen molar-refractivity contribution in [2.75, 3.05) is 26.7 Å². The SMILES string of the molecule is CCCN(CC(=O)N(C)CCC#N)C1CCC(N)CC1. The minimum absolute atomic E-state index is 0.114. The Morgan fingerprint density at radius 2 is 1.95 bits per heavy atom. The van der Waals surface area contributed by atoms with Crippen LogP contribution in [0.1, 0.15) is 45.4 Å². The zero-order valence-electron chi connectivity index (χ0n) is 12.8. The summed E-state index contributed by atoms with van der Waals surface area (Å²) >= 11 is 0. The maximum absolute atomic E-state index is 12.2. The minimum Gasteiger partial charge on any atom is -0.344 e. The van der Waals surface area contributed by atoms with Gasteiger partial charge in [-0.3, -0.25) is 9.69 Å². The van der Waals surface area contributed by atoms with Crippen LogP contribution in [0.2, 0.25) is 0 Å². The number of hydrogen-bond acceptors (Lipinski definition) is 4. The molecule has 2 N–H and O–H groups in total. The van der Waals surface area contributed by atoms with Gasteiger partial charge in [0, 0.05) is 25.7 Å². The molecule has 1 rings (SSSR count). The molecule has 0 unspecified atom stereocenters. The molecule has 0 aromatic rings. The van der Waals surface area contributed by atoms with Gasteiger partial charge in [-0.1, -0.05) is 6.92 Å². The first kappa shape index (κ1) is 16.9. The van der Waals surface area contributed by atoms with E-state index in [1.165, 1.54) is 0 Å². The smallest absolute Gasteiger partial charge is 0.236 e. The van der Waals surface area contributed by atoms with Gasteiger partial charge in [0.05, 0.1) is 19.0 Å². The van der Waals surface area contributed by atoms with E-state index >= 15 is 0 Å². The lowest BCUT2D eigenvalue weighted by atomic mass is 9.90. The van der Waals surface area contributed by atoms with Gasteiger partial charge in [-0.05, 0) is 38.6 Å². The molecule has 20 heavy (non-hydrogen) atoms. The largest absolute Gasteiger partial charge is 0.344 e. The van der Waals surface area contributed by atoms with E-state index < -0.39 is 0 Å². The summed E-state index contributed by atoms with van der Waals surface area (Å²) in [6.45, 7) is 4.09. The number of nitrogens with zero attached hydrogens (tertiary/aromatic N) is 3. The Kier molecular flexibility index (Phi) is 7.56. The lowest BCUT2D eigenvalue weighted by molar-refractivity contribution is -0.131. The van der Waals surface area contributed by atoms with Crippen molar-refractivity contribution < 1.29 is 4.79 Å². The molecule has 114 valence electrons. The Balaban J connectivity index is 2.49. The maximum Gasteiger partial charge on any atom is 0.236 e. The molecule has 1 amide bonds. The molecule has 1 aliphatic rings. The van der Waals surface area contributed by atoms with Crippen LogP contribution in [0, 0.1) is 11.3 Å². The Morgan fingerprint density at radius 1 is 1.30 bits per heavy atom. The Hall–Kier alpha value is -1.12. The van der Waals surface area contributed by atoms with Gasteiger partial charge in [0.2, 0.25) is 5.91 Å². The third kappa shape index (κ3) is 5.48. The lowest BCUT2D eigenvalue weighted by Gasteiger charge is -2.36. The van der Waals surface area contributed by atoms with Gasteiger partial charge >= 0.3 is 0 Å². The highest BCUT2D eigenvalue weighted by atomic mass is 16.2. The highest BCUT2D eigenvalue weighted by Gasteiger charge is 2.25. The van der Waals surface area contributed by atoms with Crippen molar-refractivity contribution >= 4 is 5.91 Å². The first-order valence-corrected chi connectivity index (χ1v) is 7.69. The van der Waals surface area contributed by atoms with Gasteiger partial charge in [0.15, 0.2) is 0 Å². The molecular formula is C15H28N4O. The average molecular weight is 280 g/mol. The number of amides is 1. The first-order chi connectivity index (χ1) is 9.58. The van der Waals surface area contributed by atoms with Crippen molar-refractivity contribution in [3.8, 4) is 6.07 Å². The number of carbonyl (C=O) groups excluding carboxylic acids is 1. The molecule has 0 bridgehead atoms. The van der Waals surface area contributed by atoms with E-state index in [4.69, 9.17) is 11.0 Å². The van der Waals surface area contributed by atoms with Gasteiger partial charge in [0.25, 0.3) is 0 Å². The van der Waals surface area contributed by atoms with Crippen LogP contribution in [-0.2, 0) is 4.79 Å². The summed E-state index contributed by atoms with van der Waals surface area (Å²) < 4.78 is 0. The summed E-state index contributed by atoms with van der Waals surface area (Å²) in [5, 5.41) is 8.58. The molecule has 5 nitrogen and oxygen atoms in total. The second-order valence-corrected chi connectivity index (χ2v) is 5.76. The molecule has 1 fully saturated rings. The van der Waals surface area contributed by atoms with E-state index in [1.807, 2.05) is 0 Å². The predicted octanol–water partition coefficient (Wildman–Crippen LogP) is 1.34. The van der Waals surface area contributed by atoms with Crippen LogP contribution in [0.5, 0.6) is 0 Å². The van der Waals surface area contributed by atoms with Crippen molar-refractivity contribution in [3.63, 3.8) is 0 Å². The summed E-state index contributed by atoms with van der Waals surface area (Å²) in [4.78, 5) is 16.2. The Labute approximate surface area is 122 Å². The quantitative estimate of drug-likeness (QED) is 0.764. The fourth-order valence-electron chi connectivity index (χ4n) is 2.78. The van der Waals surface area contributed by atoms with Gasteiger partial charge in [-0.25, -0.2) is 0 Å². The van der Waals surface area contributed by atoms with Crippen LogP contribution in [-0.4, -0.2) is 54.5 Å². The zero-order valence-corrected chi connectivity index (χ0v) is 12.8. The standard InChI is InChI=1S/C15H28N4O/c1-3-10-19(14-7-5-13(17)6-8-14)12-15(20)18(2)11-4-9-16/h13-14H,3-8,10-12,17H2,1-2H3. The Morgan fingerprint density at radius 3 is 2.50 bits per heavy atom. The number of likely N-dealkylation sites (N-methyl/N-ethyl adjacent to an activating group) is 1. The number of nitriles is 1. The van der Waals surface area contributed by atoms with Crippen molar-refractivity contribution in [1.29, 1.82) is 5.26 Å². The third-order valence-electron chi connectivity index (χ3n) is 4.09. The predicted molar refractivity (Wildman–Crippen MR) is 80.0 cm³/mol. The molecule has 1 saturated carbocycles. The van der Waals surface area contributed by atoms with Crippen LogP contribution >= 0.6 is 0 Å². The van der Waals surface area contributed by atoms with E-state index in [0.29, 0.717) is 31.6 Å². The molecule has 0 spiro atoms. The van der Waals surface area contributed by atoms with Crippen LogP contribution in [0.25, 0.3) is 0 Å². The van der Waals surface area contributed by atoms with Crippen molar-refractivity contribution in [2.24, 2.45) is 5.73 Å². The summed E-state index contributed by atoms with van der Waals surface area (Å²) in [5.41, 5.74) is 5.95. The average Bonchev–Trinajstić information content (AvgIpc) is 2.45. The molecule has 0 heterocycles. The molecule has 0 atom stereocenters. The number of hydrogen-bond donors (Lipinski definition) is 1. The van der Waals surface area contributed by atoms with Crippen LogP contribution in [0.3, 0.4) is 0 Å². The van der Waals surface area contributed by atoms with E-state index in [0.717, 1.165) is 38.6 Å². The molecular weight excluding hydrogens is 252 g/mol. The van der Waals surface area contributed by atoms with Gasteiger partial charge in [0.1, 0.15) is 0 Å². The van der Waals surface area contributed by atoms with E-state index in [1.54, 1.807) is 11.9 Å². The summed E-state index contributed by atoms with van der Waals surface area (Å²) in [6, 6.07) is 2.90. The number of carbonyl (C=O) groups is 1. The van der Waals surface area contributed by atoms with Crippen LogP contribution < -0.4 is 5.73 Å². The number of rotatable bonds is 7. The maximum atomic E-state index is 12.2. The second-order valence-electron chi connectivity index (χ2n) is 5.76. The topological polar surface area (TPSA) is 73.4 Å². The fraction of sp³-hybridized carbons (Fsp3) is 0.867. The van der Waals surface area contributed by atoms with Crippen LogP contribution in [0.4, 0.5) is 0 Å². The molecule has 5 heteroatoms. The first-order valence-electron chi connectivity index (χ1n) is 7.69. The van der Waals surface area contributed by atoms with E-state index in [2.05, 4.69) is 17.9 Å². The van der Waals surface area contributed by atoms with Crippen molar-refractivity contribution in [1.82, 2.24) is 9.80 Å². The lowest BCUT2D eigenvalue weighted by Crippen LogP contribution is -2.46. The van der Waals surface area contributed by atoms with Gasteiger partial charge < -0.3 is 10.6 Å². The molecule has 0 aliphatic heterocycles. The van der Waals surface area contributed by atoms with E-state index in [-0.39, 0.29) is 5.91 Å². The fourth-order valence-corrected chi connectivity index (χ4v) is 2.78. The molecule has 0 aromatic heterocycles. The Bertz CT molecular complexity index is 331. The van der Waals surface area contributed by atoms with Crippen molar-refractivity contribution in [3.05, 3.63) is 0 Å². The van der Waals surface area contributed by atoms with Gasteiger partial charge in [-0.2, -0.15) is 5.26 Å². The normalized spacial score (nSPS) is 22.6. The summed E-state index contributed by atoms with van der Waals surface area (Å²) in [7, 11) is 1.78. The van der Waals surface area contributed by atoms with E-state index in [9.17, 15) is 4.79 Å². The molecule has 0 saturated heterocycles. The minimum atomic E-state index is 0.114. The number of nitrogens with two attached hydrogens (primary N) is 1. The van der Waals surface area contributed by atoms with Crippen molar-refractivity contribution in [2.45, 2.75) is 57.5 Å². The molecule has 0 aromatic carbocycles. The highest BCUT2D eigenvalue weighted by molar-refractivity contribution is 5.78. The second kappa shape index (κ2) is 8.93. The van der Waals surface area contributed by atoms with Gasteiger partial charge in [-0.15, -0.1) is 0 Å². The zero-order chi connectivity index (χ0) is 15.0. The monoisotopic (exact) mass is 280 g/mol. The van der Waals surface area contributed by atoms with Crippen LogP contribution in [0.15, 0.2) is 0 Å². The summed E-state index contributed by atoms with van der Waals surface area (Å²) in [5.74, 6) is 0.114. The molecule has 0 radical (unpaired) electrons. The highest BCUT2D eigenvalue weighted by Crippen LogP contribution is 2.22.